The highest BCUT2D eigenvalue weighted by atomic mass is 19.1. The van der Waals surface area contributed by atoms with Gasteiger partial charge in [0.2, 0.25) is 0 Å². The Morgan fingerprint density at radius 1 is 0.844 bits per heavy atom. The fourth-order valence-corrected chi connectivity index (χ4v) is 4.13. The molecule has 4 bridgehead atoms. The van der Waals surface area contributed by atoms with Crippen molar-refractivity contribution >= 4 is 0 Å². The van der Waals surface area contributed by atoms with Crippen LogP contribution in [0.3, 0.4) is 0 Å². The summed E-state index contributed by atoms with van der Waals surface area (Å²) >= 11 is 0. The van der Waals surface area contributed by atoms with Gasteiger partial charge in [0.25, 0.3) is 0 Å². The summed E-state index contributed by atoms with van der Waals surface area (Å²) in [7, 11) is 3.30. The number of methoxy groups -OCH3 is 2. The monoisotopic (exact) mass is 435 g/mol. The smallest absolute Gasteiger partial charge is 0.169 e. The number of nitrogens with one attached hydrogen (secondary N) is 1. The van der Waals surface area contributed by atoms with Gasteiger partial charge in [-0.05, 0) is 91.7 Å². The molecular formula is C27H30FNO3. The summed E-state index contributed by atoms with van der Waals surface area (Å²) in [5, 5.41) is 3.72. The first-order chi connectivity index (χ1) is 15.6. The molecule has 5 heteroatoms. The van der Waals surface area contributed by atoms with E-state index in [2.05, 4.69) is 29.6 Å². The largest absolute Gasteiger partial charge is 0.493 e. The second-order valence-electron chi connectivity index (χ2n) is 8.18. The Morgan fingerprint density at radius 2 is 1.41 bits per heavy atom. The number of halogens is 1. The minimum atomic E-state index is -0.192. The van der Waals surface area contributed by atoms with Crippen LogP contribution in [-0.2, 0) is 19.3 Å². The van der Waals surface area contributed by atoms with Gasteiger partial charge in [0, 0.05) is 6.04 Å². The van der Waals surface area contributed by atoms with Crippen LogP contribution in [0.15, 0.2) is 60.7 Å². The molecule has 0 saturated heterocycles. The summed E-state index contributed by atoms with van der Waals surface area (Å²) in [4.78, 5) is 0. The van der Waals surface area contributed by atoms with Crippen molar-refractivity contribution in [3.05, 3.63) is 83.2 Å². The summed E-state index contributed by atoms with van der Waals surface area (Å²) in [6, 6.07) is 19.4. The number of ether oxygens (including phenoxy) is 3. The van der Waals surface area contributed by atoms with E-state index in [1.54, 1.807) is 14.2 Å². The number of hydrogen-bond acceptors (Lipinski definition) is 4. The number of rotatable bonds is 6. The Labute approximate surface area is 189 Å². The van der Waals surface area contributed by atoms with Crippen LogP contribution in [0.4, 0.5) is 4.39 Å². The Morgan fingerprint density at radius 3 is 1.94 bits per heavy atom. The highest BCUT2D eigenvalue weighted by Crippen LogP contribution is 2.38. The molecule has 32 heavy (non-hydrogen) atoms. The molecule has 1 N–H and O–H groups in total. The van der Waals surface area contributed by atoms with E-state index in [0.717, 1.165) is 44.2 Å². The SMILES string of the molecule is COc1ccc2cc1Oc1cc(ccc1OC)CCC(NCCc1ccc(F)cc1)CC2. The van der Waals surface area contributed by atoms with E-state index in [0.29, 0.717) is 29.0 Å². The lowest BCUT2D eigenvalue weighted by atomic mass is 9.98. The van der Waals surface area contributed by atoms with Crippen molar-refractivity contribution in [3.63, 3.8) is 0 Å². The quantitative estimate of drug-likeness (QED) is 0.538. The standard InChI is InChI=1S/C27H30FNO3/c1-30-24-13-7-20-5-11-23(29-16-15-19-3-9-22(28)10-4-19)12-6-21-8-14-25(31-2)27(18-21)32-26(24)17-20/h3-4,7-10,13-14,17-18,23,29H,5-6,11-12,15-16H2,1-2H3. The average Bonchev–Trinajstić information content (AvgIpc) is 2.81. The minimum absolute atomic E-state index is 0.192. The van der Waals surface area contributed by atoms with E-state index in [1.165, 1.54) is 23.3 Å². The van der Waals surface area contributed by atoms with Crippen molar-refractivity contribution in [2.24, 2.45) is 0 Å². The molecule has 0 radical (unpaired) electrons. The maximum Gasteiger partial charge on any atom is 0.169 e. The predicted octanol–water partition coefficient (Wildman–Crippen LogP) is 5.71. The van der Waals surface area contributed by atoms with Gasteiger partial charge in [0.1, 0.15) is 5.82 Å². The number of fused-ring (bicyclic) bond motifs is 4. The maximum atomic E-state index is 13.1. The topological polar surface area (TPSA) is 39.7 Å². The normalized spacial score (nSPS) is 14.1. The molecule has 1 aliphatic rings. The zero-order chi connectivity index (χ0) is 22.3. The third kappa shape index (κ3) is 5.60. The van der Waals surface area contributed by atoms with Gasteiger partial charge >= 0.3 is 0 Å². The van der Waals surface area contributed by atoms with Gasteiger partial charge in [-0.1, -0.05) is 24.3 Å². The van der Waals surface area contributed by atoms with E-state index in [9.17, 15) is 4.39 Å². The number of benzene rings is 3. The van der Waals surface area contributed by atoms with Crippen LogP contribution in [-0.4, -0.2) is 26.8 Å². The molecule has 3 aromatic rings. The molecule has 0 fully saturated rings. The molecule has 0 unspecified atom stereocenters. The molecule has 0 aliphatic carbocycles. The first kappa shape index (κ1) is 22.2. The van der Waals surface area contributed by atoms with Crippen molar-refractivity contribution in [2.45, 2.75) is 38.1 Å². The van der Waals surface area contributed by atoms with Crippen LogP contribution in [0.25, 0.3) is 0 Å². The molecule has 168 valence electrons. The van der Waals surface area contributed by atoms with Crippen LogP contribution in [0.1, 0.15) is 29.5 Å². The van der Waals surface area contributed by atoms with Crippen LogP contribution >= 0.6 is 0 Å². The van der Waals surface area contributed by atoms with Gasteiger partial charge in [0.15, 0.2) is 23.0 Å². The van der Waals surface area contributed by atoms with E-state index < -0.39 is 0 Å². The van der Waals surface area contributed by atoms with E-state index in [1.807, 2.05) is 24.3 Å². The summed E-state index contributed by atoms with van der Waals surface area (Å²) < 4.78 is 30.4. The fraction of sp³-hybridized carbons (Fsp3) is 0.333. The summed E-state index contributed by atoms with van der Waals surface area (Å²) in [6.07, 6.45) is 4.82. The number of aryl methyl sites for hydroxylation is 2. The maximum absolute atomic E-state index is 13.1. The van der Waals surface area contributed by atoms with E-state index in [4.69, 9.17) is 14.2 Å². The Bertz CT molecular complexity index is 978. The first-order valence-corrected chi connectivity index (χ1v) is 11.1. The van der Waals surface area contributed by atoms with Gasteiger partial charge in [-0.15, -0.1) is 0 Å². The van der Waals surface area contributed by atoms with Crippen LogP contribution in [0, 0.1) is 5.82 Å². The molecule has 0 aromatic heterocycles. The third-order valence-electron chi connectivity index (χ3n) is 6.00. The molecule has 0 spiro atoms. The Kier molecular flexibility index (Phi) is 7.28. The third-order valence-corrected chi connectivity index (χ3v) is 6.00. The zero-order valence-electron chi connectivity index (χ0n) is 18.7. The van der Waals surface area contributed by atoms with Gasteiger partial charge < -0.3 is 19.5 Å². The molecule has 3 aromatic carbocycles. The molecule has 1 aliphatic heterocycles. The lowest BCUT2D eigenvalue weighted by Gasteiger charge is -2.21. The molecule has 4 nitrogen and oxygen atoms in total. The molecule has 0 saturated carbocycles. The highest BCUT2D eigenvalue weighted by molar-refractivity contribution is 5.50. The van der Waals surface area contributed by atoms with Crippen LogP contribution in [0.5, 0.6) is 23.0 Å². The Hall–Kier alpha value is -3.05. The van der Waals surface area contributed by atoms with Crippen molar-refractivity contribution in [1.29, 1.82) is 0 Å². The molecule has 0 amide bonds. The van der Waals surface area contributed by atoms with Gasteiger partial charge in [0.05, 0.1) is 14.2 Å². The fourth-order valence-electron chi connectivity index (χ4n) is 4.13. The van der Waals surface area contributed by atoms with Crippen molar-refractivity contribution in [2.75, 3.05) is 20.8 Å². The van der Waals surface area contributed by atoms with Gasteiger partial charge in [-0.25, -0.2) is 4.39 Å². The lowest BCUT2D eigenvalue weighted by molar-refractivity contribution is 0.355. The summed E-state index contributed by atoms with van der Waals surface area (Å²) in [5.74, 6) is 2.60. The highest BCUT2D eigenvalue weighted by Gasteiger charge is 2.16. The predicted molar refractivity (Wildman–Crippen MR) is 125 cm³/mol. The van der Waals surface area contributed by atoms with Crippen LogP contribution < -0.4 is 19.5 Å². The molecular weight excluding hydrogens is 405 g/mol. The second kappa shape index (κ2) is 10.5. The average molecular weight is 436 g/mol. The van der Waals surface area contributed by atoms with Crippen molar-refractivity contribution in [3.8, 4) is 23.0 Å². The van der Waals surface area contributed by atoms with Crippen LogP contribution in [0.2, 0.25) is 0 Å². The van der Waals surface area contributed by atoms with E-state index in [-0.39, 0.29) is 5.82 Å². The number of hydrogen-bond donors (Lipinski definition) is 1. The van der Waals surface area contributed by atoms with Crippen molar-refractivity contribution < 1.29 is 18.6 Å². The van der Waals surface area contributed by atoms with Gasteiger partial charge in [-0.3, -0.25) is 0 Å². The minimum Gasteiger partial charge on any atom is -0.493 e. The second-order valence-corrected chi connectivity index (χ2v) is 8.18. The van der Waals surface area contributed by atoms with Crippen molar-refractivity contribution in [1.82, 2.24) is 5.32 Å². The van der Waals surface area contributed by atoms with E-state index >= 15 is 0 Å². The van der Waals surface area contributed by atoms with Gasteiger partial charge in [-0.2, -0.15) is 0 Å². The summed E-state index contributed by atoms with van der Waals surface area (Å²) in [5.41, 5.74) is 3.56. The molecule has 4 rings (SSSR count). The lowest BCUT2D eigenvalue weighted by Crippen LogP contribution is -2.32. The summed E-state index contributed by atoms with van der Waals surface area (Å²) in [6.45, 7) is 0.862. The Balaban J connectivity index is 1.52. The molecule has 0 atom stereocenters. The first-order valence-electron chi connectivity index (χ1n) is 11.1. The zero-order valence-corrected chi connectivity index (χ0v) is 18.7. The molecule has 1 heterocycles.